The molecule has 0 heterocycles. The lowest BCUT2D eigenvalue weighted by atomic mass is 10.2. The van der Waals surface area contributed by atoms with Gasteiger partial charge in [-0.15, -0.1) is 0 Å². The van der Waals surface area contributed by atoms with Gasteiger partial charge in [-0.3, -0.25) is 4.79 Å². The van der Waals surface area contributed by atoms with E-state index in [4.69, 9.17) is 20.9 Å². The average Bonchev–Trinajstić information content (AvgIpc) is 2.17. The molecule has 0 rings (SSSR count). The topological polar surface area (TPSA) is 113 Å². The average molecular weight is 256 g/mol. The standard InChI is InChI=1S/C6H10N2O2.C2HF3O2/c1-2-10-6(9)3-5(8)4-7;3-2(4,5)1(6)7/h5H,2-3,8H2,1H3;(H,6,7). The molecule has 0 amide bonds. The zero-order valence-corrected chi connectivity index (χ0v) is 8.82. The minimum absolute atomic E-state index is 0.0235. The lowest BCUT2D eigenvalue weighted by Crippen LogP contribution is -2.22. The van der Waals surface area contributed by atoms with Gasteiger partial charge in [-0.2, -0.15) is 18.4 Å². The Hall–Kier alpha value is -1.82. The molecule has 98 valence electrons. The van der Waals surface area contributed by atoms with Crippen LogP contribution in [0, 0.1) is 11.3 Å². The maximum Gasteiger partial charge on any atom is 0.490 e. The van der Waals surface area contributed by atoms with Crippen LogP contribution >= 0.6 is 0 Å². The quantitative estimate of drug-likeness (QED) is 0.707. The number of esters is 1. The molecule has 17 heavy (non-hydrogen) atoms. The molecule has 1 unspecified atom stereocenters. The van der Waals surface area contributed by atoms with Crippen molar-refractivity contribution >= 4 is 11.9 Å². The number of carbonyl (C=O) groups is 2. The van der Waals surface area contributed by atoms with Crippen molar-refractivity contribution in [1.82, 2.24) is 0 Å². The molecule has 0 aromatic heterocycles. The first-order valence-corrected chi connectivity index (χ1v) is 4.26. The van der Waals surface area contributed by atoms with E-state index in [1.807, 2.05) is 0 Å². The Morgan fingerprint density at radius 3 is 2.18 bits per heavy atom. The summed E-state index contributed by atoms with van der Waals surface area (Å²) in [7, 11) is 0. The van der Waals surface area contributed by atoms with E-state index in [0.29, 0.717) is 6.61 Å². The van der Waals surface area contributed by atoms with Gasteiger partial charge in [0.2, 0.25) is 0 Å². The molecular weight excluding hydrogens is 245 g/mol. The van der Waals surface area contributed by atoms with Gasteiger partial charge in [-0.05, 0) is 6.92 Å². The molecule has 0 radical (unpaired) electrons. The zero-order chi connectivity index (χ0) is 14.1. The number of halogens is 3. The summed E-state index contributed by atoms with van der Waals surface area (Å²) in [6.45, 7) is 2.03. The van der Waals surface area contributed by atoms with Crippen LogP contribution in [0.2, 0.25) is 0 Å². The molecule has 6 nitrogen and oxygen atoms in total. The summed E-state index contributed by atoms with van der Waals surface area (Å²) in [4.78, 5) is 19.5. The number of alkyl halides is 3. The van der Waals surface area contributed by atoms with Crippen molar-refractivity contribution in [3.63, 3.8) is 0 Å². The minimum Gasteiger partial charge on any atom is -0.475 e. The Morgan fingerprint density at radius 2 is 1.94 bits per heavy atom. The maximum atomic E-state index is 10.6. The van der Waals surface area contributed by atoms with Crippen LogP contribution < -0.4 is 5.73 Å². The van der Waals surface area contributed by atoms with Crippen LogP contribution in [-0.2, 0) is 14.3 Å². The number of nitrogens with zero attached hydrogens (tertiary/aromatic N) is 1. The zero-order valence-electron chi connectivity index (χ0n) is 8.82. The van der Waals surface area contributed by atoms with Crippen molar-refractivity contribution in [2.45, 2.75) is 25.6 Å². The second-order valence-electron chi connectivity index (χ2n) is 2.55. The maximum absolute atomic E-state index is 10.6. The fourth-order valence-corrected chi connectivity index (χ4v) is 0.445. The number of carboxylic acid groups (broad SMARTS) is 1. The van der Waals surface area contributed by atoms with Crippen molar-refractivity contribution < 1.29 is 32.6 Å². The number of ether oxygens (including phenoxy) is 1. The number of nitrogens with two attached hydrogens (primary N) is 1. The van der Waals surface area contributed by atoms with E-state index >= 15 is 0 Å². The van der Waals surface area contributed by atoms with Gasteiger partial charge in [-0.1, -0.05) is 0 Å². The fourth-order valence-electron chi connectivity index (χ4n) is 0.445. The number of carboxylic acids is 1. The van der Waals surface area contributed by atoms with E-state index in [-0.39, 0.29) is 6.42 Å². The minimum atomic E-state index is -5.08. The Kier molecular flexibility index (Phi) is 8.63. The first kappa shape index (κ1) is 17.6. The first-order valence-electron chi connectivity index (χ1n) is 4.26. The molecule has 0 aromatic rings. The summed E-state index contributed by atoms with van der Waals surface area (Å²) in [6, 6.07) is 0.994. The van der Waals surface area contributed by atoms with Gasteiger partial charge in [-0.25, -0.2) is 4.79 Å². The highest BCUT2D eigenvalue weighted by Gasteiger charge is 2.38. The van der Waals surface area contributed by atoms with E-state index in [2.05, 4.69) is 4.74 Å². The van der Waals surface area contributed by atoms with E-state index in [1.165, 1.54) is 0 Å². The van der Waals surface area contributed by atoms with Crippen LogP contribution in [-0.4, -0.2) is 35.9 Å². The van der Waals surface area contributed by atoms with E-state index in [0.717, 1.165) is 0 Å². The van der Waals surface area contributed by atoms with E-state index in [9.17, 15) is 18.0 Å². The van der Waals surface area contributed by atoms with Gasteiger partial charge in [0.15, 0.2) is 0 Å². The van der Waals surface area contributed by atoms with Crippen LogP contribution in [0.3, 0.4) is 0 Å². The van der Waals surface area contributed by atoms with Crippen molar-refractivity contribution in [2.75, 3.05) is 6.61 Å². The Balaban J connectivity index is 0. The van der Waals surface area contributed by atoms with Crippen LogP contribution in [0.15, 0.2) is 0 Å². The summed E-state index contributed by atoms with van der Waals surface area (Å²) in [5.41, 5.74) is 5.14. The molecule has 0 aromatic carbocycles. The normalized spacial score (nSPS) is 11.5. The summed E-state index contributed by atoms with van der Waals surface area (Å²) >= 11 is 0. The van der Waals surface area contributed by atoms with Crippen molar-refractivity contribution in [2.24, 2.45) is 5.73 Å². The largest absolute Gasteiger partial charge is 0.490 e. The van der Waals surface area contributed by atoms with Crippen molar-refractivity contribution in [3.05, 3.63) is 0 Å². The molecule has 0 saturated carbocycles. The molecule has 3 N–H and O–H groups in total. The predicted octanol–water partition coefficient (Wildman–Crippen LogP) is 0.424. The van der Waals surface area contributed by atoms with Gasteiger partial charge in [0.1, 0.15) is 6.04 Å². The Labute approximate surface area is 94.8 Å². The molecule has 0 fully saturated rings. The second-order valence-corrected chi connectivity index (χ2v) is 2.55. The molecule has 0 saturated heterocycles. The SMILES string of the molecule is CCOC(=O)CC(N)C#N.O=C(O)C(F)(F)F. The molecule has 1 atom stereocenters. The smallest absolute Gasteiger partial charge is 0.475 e. The van der Waals surface area contributed by atoms with Crippen molar-refractivity contribution in [1.29, 1.82) is 5.26 Å². The first-order chi connectivity index (χ1) is 7.65. The summed E-state index contributed by atoms with van der Waals surface area (Å²) in [6.07, 6.45) is -5.11. The fraction of sp³-hybridized carbons (Fsp3) is 0.625. The van der Waals surface area contributed by atoms with Gasteiger partial charge >= 0.3 is 18.1 Å². The Bertz CT molecular complexity index is 298. The lowest BCUT2D eigenvalue weighted by molar-refractivity contribution is -0.192. The third-order valence-corrected chi connectivity index (χ3v) is 1.10. The molecule has 0 aliphatic heterocycles. The molecule has 0 spiro atoms. The van der Waals surface area contributed by atoms with Crippen LogP contribution in [0.4, 0.5) is 13.2 Å². The number of carbonyl (C=O) groups excluding carboxylic acids is 1. The van der Waals surface area contributed by atoms with Crippen LogP contribution in [0.5, 0.6) is 0 Å². The van der Waals surface area contributed by atoms with Gasteiger partial charge in [0.25, 0.3) is 0 Å². The third-order valence-electron chi connectivity index (χ3n) is 1.10. The molecule has 0 aliphatic carbocycles. The van der Waals surface area contributed by atoms with Gasteiger partial charge in [0, 0.05) is 0 Å². The monoisotopic (exact) mass is 256 g/mol. The number of rotatable bonds is 3. The van der Waals surface area contributed by atoms with Crippen LogP contribution in [0.25, 0.3) is 0 Å². The molecule has 0 bridgehead atoms. The van der Waals surface area contributed by atoms with Crippen LogP contribution in [0.1, 0.15) is 13.3 Å². The predicted molar refractivity (Wildman–Crippen MR) is 48.5 cm³/mol. The summed E-state index contributed by atoms with van der Waals surface area (Å²) < 4.78 is 36.3. The van der Waals surface area contributed by atoms with Gasteiger partial charge < -0.3 is 15.6 Å². The highest BCUT2D eigenvalue weighted by Crippen LogP contribution is 2.13. The summed E-state index contributed by atoms with van der Waals surface area (Å²) in [5, 5.41) is 15.3. The Morgan fingerprint density at radius 1 is 1.53 bits per heavy atom. The van der Waals surface area contributed by atoms with E-state index in [1.54, 1.807) is 13.0 Å². The number of nitriles is 1. The molecule has 9 heteroatoms. The summed E-state index contributed by atoms with van der Waals surface area (Å²) in [5.74, 6) is -3.18. The highest BCUT2D eigenvalue weighted by molar-refractivity contribution is 5.73. The van der Waals surface area contributed by atoms with Crippen molar-refractivity contribution in [3.8, 4) is 6.07 Å². The molecular formula is C8H11F3N2O4. The molecule has 0 aliphatic rings. The van der Waals surface area contributed by atoms with Gasteiger partial charge in [0.05, 0.1) is 19.1 Å². The second kappa shape index (κ2) is 8.35. The number of hydrogen-bond acceptors (Lipinski definition) is 5. The highest BCUT2D eigenvalue weighted by atomic mass is 19.4. The third kappa shape index (κ3) is 12.1. The number of hydrogen-bond donors (Lipinski definition) is 2. The number of aliphatic carboxylic acids is 1. The lowest BCUT2D eigenvalue weighted by Gasteiger charge is -2.01. The van der Waals surface area contributed by atoms with E-state index < -0.39 is 24.2 Å².